The molecule has 5 nitrogen and oxygen atoms in total. The summed E-state index contributed by atoms with van der Waals surface area (Å²) in [5.74, 6) is 0.477. The van der Waals surface area contributed by atoms with E-state index in [0.717, 1.165) is 45.7 Å². The molecule has 0 spiro atoms. The number of phenolic OH excluding ortho intramolecular Hbond substituents is 1. The van der Waals surface area contributed by atoms with Crippen molar-refractivity contribution in [1.82, 2.24) is 4.58 Å². The SMILES string of the molecule is C[N+](C)=c1ccc2c(-c3ccccc3C(=O)OCCCC(C)(C)C)c3ccc4cccc(O)c4c3oc-2c1. The molecule has 0 unspecified atom stereocenters. The number of benzene rings is 4. The van der Waals surface area contributed by atoms with E-state index in [1.807, 2.05) is 85.4 Å². The monoisotopic (exact) mass is 508 g/mol. The standard InChI is InChI=1S/C33H33NO4/c1-33(2,3)18-9-19-37-32(36)24-12-7-6-11-23(24)30-25-17-15-22(34(4)5)20-28(25)38-31-26(30)16-14-21-10-8-13-27(35)29(21)31/h6-8,10-17,20H,9,18-19H2,1-5H3/p+1. The van der Waals surface area contributed by atoms with Crippen molar-refractivity contribution in [3.05, 3.63) is 83.7 Å². The largest absolute Gasteiger partial charge is 0.507 e. The Morgan fingerprint density at radius 1 is 0.947 bits per heavy atom. The molecule has 0 bridgehead atoms. The number of aromatic hydroxyl groups is 1. The first kappa shape index (κ1) is 25.5. The van der Waals surface area contributed by atoms with Gasteiger partial charge >= 0.3 is 5.97 Å². The molecule has 38 heavy (non-hydrogen) atoms. The summed E-state index contributed by atoms with van der Waals surface area (Å²) >= 11 is 0. The fourth-order valence-corrected chi connectivity index (χ4v) is 4.98. The molecule has 1 aliphatic carbocycles. The van der Waals surface area contributed by atoms with Gasteiger partial charge in [-0.3, -0.25) is 0 Å². The van der Waals surface area contributed by atoms with Gasteiger partial charge < -0.3 is 14.3 Å². The molecular weight excluding hydrogens is 474 g/mol. The molecule has 1 N–H and O–H groups in total. The molecule has 0 aromatic heterocycles. The van der Waals surface area contributed by atoms with Crippen molar-refractivity contribution in [1.29, 1.82) is 0 Å². The van der Waals surface area contributed by atoms with Crippen LogP contribution in [-0.4, -0.2) is 31.8 Å². The number of hydrogen-bond acceptors (Lipinski definition) is 4. The second-order valence-corrected chi connectivity index (χ2v) is 11.2. The van der Waals surface area contributed by atoms with E-state index < -0.39 is 0 Å². The average Bonchev–Trinajstić information content (AvgIpc) is 2.88. The minimum atomic E-state index is -0.342. The number of nitrogens with zero attached hydrogens (tertiary/aromatic N) is 1. The molecule has 194 valence electrons. The van der Waals surface area contributed by atoms with Crippen LogP contribution in [0, 0.1) is 5.41 Å². The lowest BCUT2D eigenvalue weighted by molar-refractivity contribution is 0.0489. The maximum atomic E-state index is 13.4. The van der Waals surface area contributed by atoms with E-state index in [1.165, 1.54) is 0 Å². The molecule has 3 aromatic rings. The van der Waals surface area contributed by atoms with Crippen LogP contribution in [0.25, 0.3) is 44.2 Å². The quantitative estimate of drug-likeness (QED) is 0.0906. The van der Waals surface area contributed by atoms with Crippen LogP contribution < -0.4 is 9.93 Å². The van der Waals surface area contributed by atoms with Gasteiger partial charge in [0, 0.05) is 22.6 Å². The van der Waals surface area contributed by atoms with Crippen molar-refractivity contribution >= 4 is 27.7 Å². The molecule has 1 heterocycles. The molecule has 2 aliphatic rings. The van der Waals surface area contributed by atoms with Crippen LogP contribution in [0.1, 0.15) is 44.0 Å². The Hall–Kier alpha value is -4.12. The molecule has 0 saturated carbocycles. The predicted octanol–water partition coefficient (Wildman–Crippen LogP) is 7.08. The topological polar surface area (TPSA) is 62.7 Å². The van der Waals surface area contributed by atoms with Crippen LogP contribution in [0.2, 0.25) is 0 Å². The van der Waals surface area contributed by atoms with E-state index in [9.17, 15) is 9.90 Å². The van der Waals surface area contributed by atoms with Gasteiger partial charge in [0.15, 0.2) is 0 Å². The van der Waals surface area contributed by atoms with Crippen LogP contribution in [0.4, 0.5) is 0 Å². The molecule has 5 heteroatoms. The molecule has 5 rings (SSSR count). The number of fused-ring (bicyclic) bond motifs is 4. The zero-order valence-electron chi connectivity index (χ0n) is 22.7. The highest BCUT2D eigenvalue weighted by Crippen LogP contribution is 2.44. The fourth-order valence-electron chi connectivity index (χ4n) is 4.98. The highest BCUT2D eigenvalue weighted by atomic mass is 16.5. The van der Waals surface area contributed by atoms with E-state index in [-0.39, 0.29) is 17.1 Å². The summed E-state index contributed by atoms with van der Waals surface area (Å²) < 4.78 is 14.3. The van der Waals surface area contributed by atoms with Crippen LogP contribution in [0.3, 0.4) is 0 Å². The number of rotatable bonds is 5. The summed E-state index contributed by atoms with van der Waals surface area (Å²) in [6.45, 7) is 6.93. The van der Waals surface area contributed by atoms with Gasteiger partial charge in [0.1, 0.15) is 31.2 Å². The predicted molar refractivity (Wildman–Crippen MR) is 154 cm³/mol. The minimum absolute atomic E-state index is 0.150. The van der Waals surface area contributed by atoms with E-state index in [0.29, 0.717) is 28.9 Å². The molecule has 0 fully saturated rings. The van der Waals surface area contributed by atoms with Gasteiger partial charge in [0.25, 0.3) is 0 Å². The first-order valence-electron chi connectivity index (χ1n) is 13.0. The highest BCUT2D eigenvalue weighted by molar-refractivity contribution is 6.15. The third-order valence-electron chi connectivity index (χ3n) is 6.93. The van der Waals surface area contributed by atoms with Gasteiger partial charge in [-0.2, -0.15) is 0 Å². The molecule has 0 amide bonds. The average molecular weight is 509 g/mol. The normalized spacial score (nSPS) is 11.8. The van der Waals surface area contributed by atoms with Gasteiger partial charge in [-0.1, -0.05) is 57.2 Å². The van der Waals surface area contributed by atoms with Gasteiger partial charge in [-0.25, -0.2) is 9.37 Å². The van der Waals surface area contributed by atoms with Crippen molar-refractivity contribution in [2.75, 3.05) is 20.7 Å². The maximum absolute atomic E-state index is 13.4. The molecule has 3 aromatic carbocycles. The first-order chi connectivity index (χ1) is 18.1. The summed E-state index contributed by atoms with van der Waals surface area (Å²) in [4.78, 5) is 13.4. The molecule has 1 aliphatic heterocycles. The number of phenols is 1. The molecule has 0 radical (unpaired) electrons. The second kappa shape index (κ2) is 9.97. The van der Waals surface area contributed by atoms with Crippen molar-refractivity contribution < 1.29 is 19.1 Å². The van der Waals surface area contributed by atoms with Crippen LogP contribution in [-0.2, 0) is 4.74 Å². The Balaban J connectivity index is 1.74. The maximum Gasteiger partial charge on any atom is 0.338 e. The van der Waals surface area contributed by atoms with Crippen LogP contribution >= 0.6 is 0 Å². The lowest BCUT2D eigenvalue weighted by Crippen LogP contribution is -2.21. The number of esters is 1. The Morgan fingerprint density at radius 3 is 2.50 bits per heavy atom. The van der Waals surface area contributed by atoms with E-state index in [2.05, 4.69) is 20.8 Å². The van der Waals surface area contributed by atoms with Crippen molar-refractivity contribution in [3.63, 3.8) is 0 Å². The summed E-state index contributed by atoms with van der Waals surface area (Å²) in [5, 5.41) is 14.1. The minimum Gasteiger partial charge on any atom is -0.507 e. The first-order valence-corrected chi connectivity index (χ1v) is 13.0. The zero-order valence-corrected chi connectivity index (χ0v) is 22.7. The third kappa shape index (κ3) is 4.89. The van der Waals surface area contributed by atoms with E-state index in [1.54, 1.807) is 6.07 Å². The highest BCUT2D eigenvalue weighted by Gasteiger charge is 2.24. The summed E-state index contributed by atoms with van der Waals surface area (Å²) in [7, 11) is 3.96. The molecular formula is C33H34NO4+. The Morgan fingerprint density at radius 2 is 1.74 bits per heavy atom. The molecule has 0 saturated heterocycles. The lowest BCUT2D eigenvalue weighted by atomic mass is 9.89. The summed E-state index contributed by atoms with van der Waals surface area (Å²) in [6, 6.07) is 23.0. The summed E-state index contributed by atoms with van der Waals surface area (Å²) in [6.07, 6.45) is 1.79. The zero-order chi connectivity index (χ0) is 27.0. The smallest absolute Gasteiger partial charge is 0.338 e. The third-order valence-corrected chi connectivity index (χ3v) is 6.93. The Kier molecular flexibility index (Phi) is 6.70. The van der Waals surface area contributed by atoms with Crippen molar-refractivity contribution in [2.45, 2.75) is 33.6 Å². The Bertz CT molecular complexity index is 1700. The fraction of sp³-hybridized carbons (Fsp3) is 0.273. The number of hydrogen-bond donors (Lipinski definition) is 1. The van der Waals surface area contributed by atoms with Crippen LogP contribution in [0.15, 0.2) is 77.2 Å². The van der Waals surface area contributed by atoms with Crippen molar-refractivity contribution in [2.24, 2.45) is 5.41 Å². The number of ether oxygens (including phenoxy) is 1. The number of carbonyl (C=O) groups excluding carboxylic acids is 1. The van der Waals surface area contributed by atoms with Gasteiger partial charge in [-0.05, 0) is 53.5 Å². The van der Waals surface area contributed by atoms with E-state index in [4.69, 9.17) is 9.15 Å². The second-order valence-electron chi connectivity index (χ2n) is 11.2. The van der Waals surface area contributed by atoms with E-state index >= 15 is 0 Å². The summed E-state index contributed by atoms with van der Waals surface area (Å²) in [5.41, 5.74) is 3.80. The van der Waals surface area contributed by atoms with Gasteiger partial charge in [-0.15, -0.1) is 0 Å². The van der Waals surface area contributed by atoms with Gasteiger partial charge in [0.2, 0.25) is 5.36 Å². The van der Waals surface area contributed by atoms with Crippen LogP contribution in [0.5, 0.6) is 5.75 Å². The van der Waals surface area contributed by atoms with Gasteiger partial charge in [0.05, 0.1) is 23.6 Å². The molecule has 0 atom stereocenters. The Labute approximate surface area is 223 Å². The van der Waals surface area contributed by atoms with Crippen molar-refractivity contribution in [3.8, 4) is 28.2 Å². The lowest BCUT2D eigenvalue weighted by Gasteiger charge is -2.19. The number of carbonyl (C=O) groups is 1.